The molecule has 5 heteroatoms. The van der Waals surface area contributed by atoms with Crippen LogP contribution in [0.2, 0.25) is 0 Å². The molecule has 1 amide bonds. The Labute approximate surface area is 93.7 Å². The van der Waals surface area contributed by atoms with E-state index in [1.165, 1.54) is 14.2 Å². The van der Waals surface area contributed by atoms with E-state index in [0.717, 1.165) is 0 Å². The number of hydrogen-bond donors (Lipinski definition) is 3. The highest BCUT2D eigenvalue weighted by molar-refractivity contribution is 5.96. The Kier molecular flexibility index (Phi) is 4.35. The number of hydrogen-bond acceptors (Lipinski definition) is 4. The van der Waals surface area contributed by atoms with Crippen molar-refractivity contribution in [2.45, 2.75) is 0 Å². The van der Waals surface area contributed by atoms with Crippen LogP contribution in [0.15, 0.2) is 30.0 Å². The van der Waals surface area contributed by atoms with Gasteiger partial charge >= 0.3 is 0 Å². The van der Waals surface area contributed by atoms with Crippen LogP contribution in [0.4, 0.5) is 0 Å². The predicted octanol–water partition coefficient (Wildman–Crippen LogP) is 0.630. The minimum atomic E-state index is -0.301. The van der Waals surface area contributed by atoms with Crippen molar-refractivity contribution in [1.29, 1.82) is 0 Å². The van der Waals surface area contributed by atoms with Crippen molar-refractivity contribution in [3.63, 3.8) is 0 Å². The number of amides is 1. The van der Waals surface area contributed by atoms with Crippen LogP contribution >= 0.6 is 0 Å². The monoisotopic (exact) mass is 222 g/mol. The fourth-order valence-electron chi connectivity index (χ4n) is 1.17. The fourth-order valence-corrected chi connectivity index (χ4v) is 1.17. The first-order valence-electron chi connectivity index (χ1n) is 4.69. The molecule has 1 rings (SSSR count). The summed E-state index contributed by atoms with van der Waals surface area (Å²) in [6, 6.07) is 6.55. The molecule has 86 valence electrons. The summed E-state index contributed by atoms with van der Waals surface area (Å²) in [5.74, 6) is -0.160. The van der Waals surface area contributed by atoms with E-state index in [2.05, 4.69) is 15.6 Å². The molecule has 0 atom stereocenters. The smallest absolute Gasteiger partial charge is 0.269 e. The standard InChI is InChI=1S/C11H14N2O3/c1-12-11(15)10(13-16-2)7-8-4-3-5-9(14)6-8/h3-7,13-14H,1-2H3,(H,12,15). The van der Waals surface area contributed by atoms with E-state index < -0.39 is 0 Å². The Hall–Kier alpha value is -2.01. The van der Waals surface area contributed by atoms with Crippen LogP contribution in [-0.4, -0.2) is 25.2 Å². The summed E-state index contributed by atoms with van der Waals surface area (Å²) in [6.45, 7) is 0. The molecule has 1 aromatic rings. The molecule has 0 aliphatic heterocycles. The zero-order chi connectivity index (χ0) is 12.0. The van der Waals surface area contributed by atoms with E-state index in [4.69, 9.17) is 0 Å². The van der Waals surface area contributed by atoms with Gasteiger partial charge in [-0.2, -0.15) is 0 Å². The van der Waals surface area contributed by atoms with E-state index in [0.29, 0.717) is 5.56 Å². The van der Waals surface area contributed by atoms with E-state index in [1.807, 2.05) is 0 Å². The zero-order valence-corrected chi connectivity index (χ0v) is 9.15. The molecule has 0 unspecified atom stereocenters. The number of phenolic OH excluding ortho intramolecular Hbond substituents is 1. The lowest BCUT2D eigenvalue weighted by Crippen LogP contribution is -2.28. The second-order valence-corrected chi connectivity index (χ2v) is 3.04. The van der Waals surface area contributed by atoms with Crippen molar-refractivity contribution in [3.8, 4) is 5.75 Å². The first kappa shape index (κ1) is 12.1. The Bertz CT molecular complexity index is 402. The molecule has 0 saturated heterocycles. The zero-order valence-electron chi connectivity index (χ0n) is 9.15. The maximum Gasteiger partial charge on any atom is 0.269 e. The van der Waals surface area contributed by atoms with Gasteiger partial charge in [0.1, 0.15) is 11.4 Å². The lowest BCUT2D eigenvalue weighted by Gasteiger charge is -2.07. The van der Waals surface area contributed by atoms with Crippen LogP contribution < -0.4 is 10.8 Å². The molecular weight excluding hydrogens is 208 g/mol. The van der Waals surface area contributed by atoms with Gasteiger partial charge in [0.25, 0.3) is 5.91 Å². The quantitative estimate of drug-likeness (QED) is 0.516. The number of likely N-dealkylation sites (N-methyl/N-ethyl adjacent to an activating group) is 1. The normalized spacial score (nSPS) is 11.0. The molecule has 0 spiro atoms. The number of carbonyl (C=O) groups excluding carboxylic acids is 1. The van der Waals surface area contributed by atoms with E-state index >= 15 is 0 Å². The van der Waals surface area contributed by atoms with Crippen LogP contribution in [0.5, 0.6) is 5.75 Å². The summed E-state index contributed by atoms with van der Waals surface area (Å²) in [7, 11) is 2.94. The van der Waals surface area contributed by atoms with Gasteiger partial charge < -0.3 is 10.4 Å². The van der Waals surface area contributed by atoms with Gasteiger partial charge in [-0.25, -0.2) is 0 Å². The van der Waals surface area contributed by atoms with Crippen molar-refractivity contribution in [1.82, 2.24) is 10.8 Å². The molecule has 1 aromatic carbocycles. The highest BCUT2D eigenvalue weighted by Crippen LogP contribution is 2.13. The maximum atomic E-state index is 11.4. The van der Waals surface area contributed by atoms with Gasteiger partial charge in [-0.15, -0.1) is 0 Å². The van der Waals surface area contributed by atoms with Crippen LogP contribution in [0, 0.1) is 0 Å². The van der Waals surface area contributed by atoms with Crippen molar-refractivity contribution in [2.75, 3.05) is 14.2 Å². The summed E-state index contributed by atoms with van der Waals surface area (Å²) in [5.41, 5.74) is 3.43. The van der Waals surface area contributed by atoms with E-state index in [9.17, 15) is 9.90 Å². The highest BCUT2D eigenvalue weighted by Gasteiger charge is 2.06. The van der Waals surface area contributed by atoms with Crippen molar-refractivity contribution >= 4 is 12.0 Å². The number of carbonyl (C=O) groups is 1. The molecular formula is C11H14N2O3. The van der Waals surface area contributed by atoms with Gasteiger partial charge in [-0.3, -0.25) is 15.1 Å². The van der Waals surface area contributed by atoms with Crippen LogP contribution in [0.1, 0.15) is 5.56 Å². The van der Waals surface area contributed by atoms with Crippen molar-refractivity contribution < 1.29 is 14.7 Å². The Morgan fingerprint density at radius 2 is 2.25 bits per heavy atom. The first-order valence-corrected chi connectivity index (χ1v) is 4.69. The molecule has 0 aliphatic carbocycles. The molecule has 0 aromatic heterocycles. The molecule has 0 aliphatic rings. The maximum absolute atomic E-state index is 11.4. The second kappa shape index (κ2) is 5.77. The van der Waals surface area contributed by atoms with Gasteiger partial charge in [-0.05, 0) is 23.8 Å². The average molecular weight is 222 g/mol. The number of aromatic hydroxyl groups is 1. The number of phenols is 1. The third kappa shape index (κ3) is 3.29. The van der Waals surface area contributed by atoms with E-state index in [-0.39, 0.29) is 17.4 Å². The second-order valence-electron chi connectivity index (χ2n) is 3.04. The molecule has 0 fully saturated rings. The fraction of sp³-hybridized carbons (Fsp3) is 0.182. The first-order chi connectivity index (χ1) is 7.67. The summed E-state index contributed by atoms with van der Waals surface area (Å²) in [4.78, 5) is 16.1. The van der Waals surface area contributed by atoms with Gasteiger partial charge in [0, 0.05) is 7.05 Å². The molecule has 0 saturated carbocycles. The van der Waals surface area contributed by atoms with Crippen molar-refractivity contribution in [3.05, 3.63) is 35.5 Å². The molecule has 16 heavy (non-hydrogen) atoms. The molecule has 0 heterocycles. The number of benzene rings is 1. The average Bonchev–Trinajstić information content (AvgIpc) is 2.27. The lowest BCUT2D eigenvalue weighted by molar-refractivity contribution is -0.118. The highest BCUT2D eigenvalue weighted by atomic mass is 16.6. The number of nitrogens with one attached hydrogen (secondary N) is 2. The summed E-state index contributed by atoms with van der Waals surface area (Å²) < 4.78 is 0. The third-order valence-electron chi connectivity index (χ3n) is 1.86. The molecule has 0 bridgehead atoms. The van der Waals surface area contributed by atoms with Gasteiger partial charge in [-0.1, -0.05) is 12.1 Å². The topological polar surface area (TPSA) is 70.6 Å². The largest absolute Gasteiger partial charge is 0.508 e. The van der Waals surface area contributed by atoms with Gasteiger partial charge in [0.15, 0.2) is 0 Å². The molecule has 3 N–H and O–H groups in total. The summed E-state index contributed by atoms with van der Waals surface area (Å²) in [6.07, 6.45) is 1.57. The number of hydroxylamine groups is 1. The van der Waals surface area contributed by atoms with Crippen LogP contribution in [0.3, 0.4) is 0 Å². The lowest BCUT2D eigenvalue weighted by atomic mass is 10.2. The minimum absolute atomic E-state index is 0.141. The third-order valence-corrected chi connectivity index (χ3v) is 1.86. The predicted molar refractivity (Wildman–Crippen MR) is 60.3 cm³/mol. The Morgan fingerprint density at radius 3 is 2.81 bits per heavy atom. The Balaban J connectivity index is 2.97. The minimum Gasteiger partial charge on any atom is -0.508 e. The molecule has 5 nitrogen and oxygen atoms in total. The summed E-state index contributed by atoms with van der Waals surface area (Å²) >= 11 is 0. The van der Waals surface area contributed by atoms with Gasteiger partial charge in [0.2, 0.25) is 0 Å². The van der Waals surface area contributed by atoms with Crippen LogP contribution in [-0.2, 0) is 9.63 Å². The van der Waals surface area contributed by atoms with Crippen LogP contribution in [0.25, 0.3) is 6.08 Å². The number of rotatable bonds is 4. The van der Waals surface area contributed by atoms with Gasteiger partial charge in [0.05, 0.1) is 7.11 Å². The van der Waals surface area contributed by atoms with Crippen molar-refractivity contribution in [2.24, 2.45) is 0 Å². The molecule has 0 radical (unpaired) electrons. The SMILES string of the molecule is CNC(=O)C(=Cc1cccc(O)c1)NOC. The summed E-state index contributed by atoms with van der Waals surface area (Å²) in [5, 5.41) is 11.7. The Morgan fingerprint density at radius 1 is 1.50 bits per heavy atom. The van der Waals surface area contributed by atoms with E-state index in [1.54, 1.807) is 30.3 Å².